The van der Waals surface area contributed by atoms with E-state index in [0.717, 1.165) is 49.9 Å². The number of fused-ring (bicyclic) bond motifs is 1. The predicted molar refractivity (Wildman–Crippen MR) is 173 cm³/mol. The topological polar surface area (TPSA) is 109 Å². The molecule has 9 nitrogen and oxygen atoms in total. The standard InChI is InChI=1S/C31H35F3N6O3S.ClH/c1-18(2)40-29-20(16-35-31(37-29)36-22-9-11-24(12-10-22)39(3)4)13-25(30(40)41)28-26(33)14-23(15-27(28)34)38-44(42,43)17-19-5-7-21(32)8-6-19;/h5-8,13-16,18,22,24,38H,9-12,17H2,1-4H3,(H,35,36,37);1H/t22-,24-;. The molecule has 0 atom stereocenters. The Morgan fingerprint density at radius 2 is 1.62 bits per heavy atom. The number of hydrogen-bond donors (Lipinski definition) is 2. The Balaban J connectivity index is 0.00000461. The van der Waals surface area contributed by atoms with E-state index in [2.05, 4.69) is 39.0 Å². The van der Waals surface area contributed by atoms with Crippen LogP contribution < -0.4 is 15.6 Å². The highest BCUT2D eigenvalue weighted by atomic mass is 35.5. The molecule has 1 aliphatic rings. The number of pyridine rings is 1. The van der Waals surface area contributed by atoms with Crippen molar-refractivity contribution in [3.8, 4) is 11.1 Å². The Kier molecular flexibility index (Phi) is 10.5. The van der Waals surface area contributed by atoms with E-state index in [1.807, 2.05) is 0 Å². The lowest BCUT2D eigenvalue weighted by molar-refractivity contribution is 0.221. The summed E-state index contributed by atoms with van der Waals surface area (Å²) in [6, 6.07) is 8.15. The van der Waals surface area contributed by atoms with Gasteiger partial charge in [0.1, 0.15) is 23.1 Å². The average molecular weight is 665 g/mol. The van der Waals surface area contributed by atoms with E-state index in [0.29, 0.717) is 28.6 Å². The number of rotatable bonds is 9. The Bertz CT molecular complexity index is 1820. The highest BCUT2D eigenvalue weighted by Gasteiger charge is 2.25. The number of nitrogens with zero attached hydrogens (tertiary/aromatic N) is 4. The van der Waals surface area contributed by atoms with Gasteiger partial charge in [-0.05, 0) is 89.5 Å². The minimum absolute atomic E-state index is 0. The van der Waals surface area contributed by atoms with Gasteiger partial charge >= 0.3 is 0 Å². The minimum Gasteiger partial charge on any atom is -0.351 e. The molecule has 0 amide bonds. The van der Waals surface area contributed by atoms with Gasteiger partial charge in [-0.25, -0.2) is 26.6 Å². The van der Waals surface area contributed by atoms with Crippen LogP contribution >= 0.6 is 12.4 Å². The van der Waals surface area contributed by atoms with Crippen LogP contribution in [0.4, 0.5) is 24.8 Å². The van der Waals surface area contributed by atoms with Crippen molar-refractivity contribution in [3.63, 3.8) is 0 Å². The van der Waals surface area contributed by atoms with Gasteiger partial charge in [-0.3, -0.25) is 14.1 Å². The quantitative estimate of drug-likeness (QED) is 0.222. The molecular weight excluding hydrogens is 629 g/mol. The smallest absolute Gasteiger partial charge is 0.260 e. The molecule has 2 aromatic carbocycles. The summed E-state index contributed by atoms with van der Waals surface area (Å²) in [5, 5.41) is 3.79. The molecule has 2 heterocycles. The first-order valence-electron chi connectivity index (χ1n) is 14.4. The second-order valence-electron chi connectivity index (χ2n) is 11.7. The van der Waals surface area contributed by atoms with Crippen LogP contribution in [0.3, 0.4) is 0 Å². The van der Waals surface area contributed by atoms with Gasteiger partial charge in [-0.2, -0.15) is 4.98 Å². The number of hydrogen-bond acceptors (Lipinski definition) is 7. The van der Waals surface area contributed by atoms with Crippen LogP contribution in [0.5, 0.6) is 0 Å². The van der Waals surface area contributed by atoms with Gasteiger partial charge in [0.15, 0.2) is 0 Å². The summed E-state index contributed by atoms with van der Waals surface area (Å²) < 4.78 is 72.8. The number of halogens is 4. The van der Waals surface area contributed by atoms with Gasteiger partial charge in [-0.15, -0.1) is 12.4 Å². The Hall–Kier alpha value is -3.68. The van der Waals surface area contributed by atoms with Crippen LogP contribution in [0, 0.1) is 17.5 Å². The maximum atomic E-state index is 15.4. The maximum Gasteiger partial charge on any atom is 0.260 e. The maximum absolute atomic E-state index is 15.4. The fourth-order valence-corrected chi connectivity index (χ4v) is 6.85. The lowest BCUT2D eigenvalue weighted by atomic mass is 9.91. The fraction of sp³-hybridized carbons (Fsp3) is 0.387. The van der Waals surface area contributed by atoms with Crippen molar-refractivity contribution >= 4 is 45.1 Å². The molecule has 2 N–H and O–H groups in total. The molecule has 242 valence electrons. The SMILES string of the molecule is CC(C)n1c(=O)c(-c2c(F)cc(NS(=O)(=O)Cc3ccc(F)cc3)cc2F)cc2cnc(N[C@H]3CC[C@H](N(C)C)CC3)nc21.Cl. The van der Waals surface area contributed by atoms with Crippen molar-refractivity contribution in [2.24, 2.45) is 0 Å². The zero-order valence-electron chi connectivity index (χ0n) is 25.4. The zero-order chi connectivity index (χ0) is 31.8. The van der Waals surface area contributed by atoms with E-state index in [1.165, 1.54) is 29.0 Å². The molecule has 1 aliphatic carbocycles. The first kappa shape index (κ1) is 34.2. The highest BCUT2D eigenvalue weighted by molar-refractivity contribution is 7.91. The molecule has 0 saturated heterocycles. The van der Waals surface area contributed by atoms with E-state index < -0.39 is 50.4 Å². The average Bonchev–Trinajstić information content (AvgIpc) is 2.94. The van der Waals surface area contributed by atoms with Crippen LogP contribution in [0.1, 0.15) is 51.1 Å². The summed E-state index contributed by atoms with van der Waals surface area (Å²) in [5.41, 5.74) is -1.21. The third-order valence-corrected chi connectivity index (χ3v) is 9.16. The fourth-order valence-electron chi connectivity index (χ4n) is 5.67. The van der Waals surface area contributed by atoms with Gasteiger partial charge in [-0.1, -0.05) is 12.1 Å². The number of nitrogens with one attached hydrogen (secondary N) is 2. The third-order valence-electron chi connectivity index (χ3n) is 7.90. The summed E-state index contributed by atoms with van der Waals surface area (Å²) in [6.07, 6.45) is 5.52. The van der Waals surface area contributed by atoms with Crippen LogP contribution in [0.15, 0.2) is 53.5 Å². The molecule has 1 saturated carbocycles. The molecule has 0 aliphatic heterocycles. The first-order chi connectivity index (χ1) is 20.8. The molecule has 2 aromatic heterocycles. The van der Waals surface area contributed by atoms with Crippen LogP contribution in [-0.2, 0) is 15.8 Å². The third kappa shape index (κ3) is 7.77. The molecular formula is C31H36ClF3N6O3S. The van der Waals surface area contributed by atoms with Crippen LogP contribution in [0.2, 0.25) is 0 Å². The van der Waals surface area contributed by atoms with Gasteiger partial charge < -0.3 is 10.2 Å². The highest BCUT2D eigenvalue weighted by Crippen LogP contribution is 2.31. The Labute approximate surface area is 266 Å². The summed E-state index contributed by atoms with van der Waals surface area (Å²) in [4.78, 5) is 25.0. The lowest BCUT2D eigenvalue weighted by Gasteiger charge is -2.33. The largest absolute Gasteiger partial charge is 0.351 e. The first-order valence-corrected chi connectivity index (χ1v) is 16.1. The van der Waals surface area contributed by atoms with Gasteiger partial charge in [0, 0.05) is 29.7 Å². The van der Waals surface area contributed by atoms with Crippen molar-refractivity contribution in [1.29, 1.82) is 0 Å². The van der Waals surface area contributed by atoms with Crippen molar-refractivity contribution in [3.05, 3.63) is 82.0 Å². The summed E-state index contributed by atoms with van der Waals surface area (Å²) in [7, 11) is 0.0741. The monoisotopic (exact) mass is 664 g/mol. The summed E-state index contributed by atoms with van der Waals surface area (Å²) in [5.74, 6) is -2.92. The van der Waals surface area contributed by atoms with Gasteiger partial charge in [0.25, 0.3) is 5.56 Å². The second kappa shape index (κ2) is 13.8. The second-order valence-corrected chi connectivity index (χ2v) is 13.4. The normalized spacial score (nSPS) is 17.0. The molecule has 14 heteroatoms. The molecule has 0 unspecified atom stereocenters. The number of anilines is 2. The van der Waals surface area contributed by atoms with Crippen molar-refractivity contribution < 1.29 is 21.6 Å². The minimum atomic E-state index is -4.08. The Morgan fingerprint density at radius 3 is 2.20 bits per heavy atom. The molecule has 45 heavy (non-hydrogen) atoms. The van der Waals surface area contributed by atoms with Gasteiger partial charge in [0.05, 0.1) is 22.6 Å². The van der Waals surface area contributed by atoms with Crippen molar-refractivity contribution in [2.75, 3.05) is 24.1 Å². The summed E-state index contributed by atoms with van der Waals surface area (Å²) in [6.45, 7) is 3.54. The number of sulfonamides is 1. The van der Waals surface area contributed by atoms with Gasteiger partial charge in [0.2, 0.25) is 16.0 Å². The van der Waals surface area contributed by atoms with E-state index in [1.54, 1.807) is 13.8 Å². The van der Waals surface area contributed by atoms with Crippen LogP contribution in [0.25, 0.3) is 22.2 Å². The zero-order valence-corrected chi connectivity index (χ0v) is 27.0. The molecule has 4 aromatic rings. The molecule has 0 spiro atoms. The predicted octanol–water partition coefficient (Wildman–Crippen LogP) is 6.11. The molecule has 0 radical (unpaired) electrons. The van der Waals surface area contributed by atoms with E-state index >= 15 is 8.78 Å². The van der Waals surface area contributed by atoms with E-state index in [4.69, 9.17) is 0 Å². The molecule has 0 bridgehead atoms. The van der Waals surface area contributed by atoms with E-state index in [9.17, 15) is 17.6 Å². The lowest BCUT2D eigenvalue weighted by Crippen LogP contribution is -2.36. The van der Waals surface area contributed by atoms with Crippen molar-refractivity contribution in [1.82, 2.24) is 19.4 Å². The number of aromatic nitrogens is 3. The molecule has 1 fully saturated rings. The van der Waals surface area contributed by atoms with Crippen molar-refractivity contribution in [2.45, 2.75) is 63.4 Å². The number of benzene rings is 2. The molecule has 5 rings (SSSR count). The summed E-state index contributed by atoms with van der Waals surface area (Å²) >= 11 is 0. The van der Waals surface area contributed by atoms with Crippen LogP contribution in [-0.4, -0.2) is 54.0 Å². The van der Waals surface area contributed by atoms with E-state index in [-0.39, 0.29) is 29.7 Å². The Morgan fingerprint density at radius 1 is 1.00 bits per heavy atom.